The molecule has 0 N–H and O–H groups in total. The molecule has 0 saturated carbocycles. The number of esters is 1. The summed E-state index contributed by atoms with van der Waals surface area (Å²) in [5, 5.41) is 4.17. The summed E-state index contributed by atoms with van der Waals surface area (Å²) in [4.78, 5) is 22.7. The van der Waals surface area contributed by atoms with E-state index in [9.17, 15) is 9.59 Å². The van der Waals surface area contributed by atoms with Gasteiger partial charge < -0.3 is 9.47 Å². The van der Waals surface area contributed by atoms with Crippen molar-refractivity contribution < 1.29 is 19.1 Å². The number of nitrogens with zero attached hydrogens (tertiary/aromatic N) is 2. The second-order valence-corrected chi connectivity index (χ2v) is 4.46. The summed E-state index contributed by atoms with van der Waals surface area (Å²) in [6.45, 7) is 2.15. The zero-order valence-corrected chi connectivity index (χ0v) is 12.1. The van der Waals surface area contributed by atoms with E-state index in [1.165, 1.54) is 14.2 Å². The molecule has 1 aromatic carbocycles. The molecule has 0 aliphatic rings. The van der Waals surface area contributed by atoms with Crippen molar-refractivity contribution in [3.05, 3.63) is 46.8 Å². The number of rotatable bonds is 5. The number of hydrogen-bond donors (Lipinski definition) is 0. The highest BCUT2D eigenvalue weighted by Gasteiger charge is 2.17. The maximum absolute atomic E-state index is 11.9. The van der Waals surface area contributed by atoms with Crippen LogP contribution in [0.2, 0.25) is 0 Å². The monoisotopic (exact) mass is 288 g/mol. The topological polar surface area (TPSA) is 70.4 Å². The van der Waals surface area contributed by atoms with Crippen LogP contribution in [0.5, 0.6) is 5.75 Å². The Balaban J connectivity index is 2.48. The Labute approximate surface area is 122 Å². The first-order chi connectivity index (χ1) is 10.1. The number of carbonyl (C=O) groups excluding carboxylic acids is 2. The SMILES string of the molecule is COC(=O)c1cccc(OC)c1Cn1nc(C=O)cc1C. The summed E-state index contributed by atoms with van der Waals surface area (Å²) in [6, 6.07) is 6.84. The highest BCUT2D eigenvalue weighted by atomic mass is 16.5. The van der Waals surface area contributed by atoms with E-state index in [0.717, 1.165) is 5.69 Å². The van der Waals surface area contributed by atoms with E-state index >= 15 is 0 Å². The third kappa shape index (κ3) is 2.94. The van der Waals surface area contributed by atoms with E-state index in [4.69, 9.17) is 9.47 Å². The lowest BCUT2D eigenvalue weighted by molar-refractivity contribution is 0.0598. The highest BCUT2D eigenvalue weighted by Crippen LogP contribution is 2.24. The Morgan fingerprint density at radius 2 is 2.14 bits per heavy atom. The predicted octanol–water partition coefficient (Wildman–Crippen LogP) is 1.85. The van der Waals surface area contributed by atoms with Gasteiger partial charge >= 0.3 is 5.97 Å². The number of methoxy groups -OCH3 is 2. The molecule has 0 aliphatic carbocycles. The quantitative estimate of drug-likeness (QED) is 0.620. The summed E-state index contributed by atoms with van der Waals surface area (Å²) < 4.78 is 11.7. The van der Waals surface area contributed by atoms with Gasteiger partial charge in [-0.2, -0.15) is 5.10 Å². The molecule has 110 valence electrons. The van der Waals surface area contributed by atoms with Crippen LogP contribution >= 0.6 is 0 Å². The number of carbonyl (C=O) groups is 2. The molecule has 2 rings (SSSR count). The van der Waals surface area contributed by atoms with Crippen molar-refractivity contribution in [1.29, 1.82) is 0 Å². The van der Waals surface area contributed by atoms with Crippen molar-refractivity contribution in [2.24, 2.45) is 0 Å². The van der Waals surface area contributed by atoms with E-state index in [2.05, 4.69) is 5.10 Å². The molecular formula is C15H16N2O4. The fraction of sp³-hybridized carbons (Fsp3) is 0.267. The molecule has 0 atom stereocenters. The Morgan fingerprint density at radius 3 is 2.71 bits per heavy atom. The van der Waals surface area contributed by atoms with Crippen LogP contribution in [0.1, 0.15) is 32.1 Å². The van der Waals surface area contributed by atoms with Crippen LogP contribution in [0.25, 0.3) is 0 Å². The molecule has 1 heterocycles. The van der Waals surface area contributed by atoms with Gasteiger partial charge in [0, 0.05) is 11.3 Å². The minimum Gasteiger partial charge on any atom is -0.496 e. The fourth-order valence-corrected chi connectivity index (χ4v) is 2.12. The molecule has 0 amide bonds. The summed E-state index contributed by atoms with van der Waals surface area (Å²) in [7, 11) is 2.86. The minimum absolute atomic E-state index is 0.314. The molecular weight excluding hydrogens is 272 g/mol. The van der Waals surface area contributed by atoms with Crippen LogP contribution in [0.3, 0.4) is 0 Å². The number of aryl methyl sites for hydroxylation is 1. The second kappa shape index (κ2) is 6.21. The molecule has 0 saturated heterocycles. The highest BCUT2D eigenvalue weighted by molar-refractivity contribution is 5.91. The average Bonchev–Trinajstić information content (AvgIpc) is 2.87. The van der Waals surface area contributed by atoms with Gasteiger partial charge in [0.25, 0.3) is 0 Å². The van der Waals surface area contributed by atoms with Crippen LogP contribution in [0.15, 0.2) is 24.3 Å². The Hall–Kier alpha value is -2.63. The van der Waals surface area contributed by atoms with Crippen molar-refractivity contribution in [1.82, 2.24) is 9.78 Å². The van der Waals surface area contributed by atoms with Gasteiger partial charge in [-0.15, -0.1) is 0 Å². The van der Waals surface area contributed by atoms with Gasteiger partial charge in [0.1, 0.15) is 11.4 Å². The smallest absolute Gasteiger partial charge is 0.338 e. The third-order valence-electron chi connectivity index (χ3n) is 3.19. The first-order valence-electron chi connectivity index (χ1n) is 6.34. The van der Waals surface area contributed by atoms with Gasteiger partial charge in [0.05, 0.1) is 26.3 Å². The van der Waals surface area contributed by atoms with Gasteiger partial charge in [0.2, 0.25) is 0 Å². The largest absolute Gasteiger partial charge is 0.496 e. The van der Waals surface area contributed by atoms with Gasteiger partial charge in [-0.3, -0.25) is 9.48 Å². The Kier molecular flexibility index (Phi) is 4.37. The summed E-state index contributed by atoms with van der Waals surface area (Å²) in [5.41, 5.74) is 2.25. The number of benzene rings is 1. The normalized spacial score (nSPS) is 10.2. The van der Waals surface area contributed by atoms with Gasteiger partial charge in [-0.1, -0.05) is 6.07 Å². The molecule has 2 aromatic rings. The lowest BCUT2D eigenvalue weighted by Crippen LogP contribution is -2.12. The number of aromatic nitrogens is 2. The van der Waals surface area contributed by atoms with Crippen LogP contribution in [-0.2, 0) is 11.3 Å². The minimum atomic E-state index is -0.440. The van der Waals surface area contributed by atoms with E-state index in [1.54, 1.807) is 28.9 Å². The summed E-state index contributed by atoms with van der Waals surface area (Å²) >= 11 is 0. The summed E-state index contributed by atoms with van der Waals surface area (Å²) in [5.74, 6) is 0.129. The van der Waals surface area contributed by atoms with Gasteiger partial charge in [-0.25, -0.2) is 4.79 Å². The molecule has 0 fully saturated rings. The van der Waals surface area contributed by atoms with Gasteiger partial charge in [0.15, 0.2) is 6.29 Å². The average molecular weight is 288 g/mol. The first-order valence-corrected chi connectivity index (χ1v) is 6.34. The van der Waals surface area contributed by atoms with Gasteiger partial charge in [-0.05, 0) is 25.1 Å². The van der Waals surface area contributed by atoms with Crippen LogP contribution in [-0.4, -0.2) is 36.3 Å². The number of ether oxygens (including phenoxy) is 2. The second-order valence-electron chi connectivity index (χ2n) is 4.46. The van der Waals surface area contributed by atoms with Crippen LogP contribution in [0, 0.1) is 6.92 Å². The van der Waals surface area contributed by atoms with Crippen LogP contribution < -0.4 is 4.74 Å². The van der Waals surface area contributed by atoms with Crippen molar-refractivity contribution >= 4 is 12.3 Å². The van der Waals surface area contributed by atoms with E-state index in [1.807, 2.05) is 6.92 Å². The predicted molar refractivity (Wildman–Crippen MR) is 75.8 cm³/mol. The molecule has 0 bridgehead atoms. The molecule has 0 unspecified atom stereocenters. The van der Waals surface area contributed by atoms with E-state index < -0.39 is 5.97 Å². The van der Waals surface area contributed by atoms with Crippen molar-refractivity contribution in [2.45, 2.75) is 13.5 Å². The molecule has 0 radical (unpaired) electrons. The molecule has 21 heavy (non-hydrogen) atoms. The lowest BCUT2D eigenvalue weighted by Gasteiger charge is -2.13. The molecule has 0 spiro atoms. The molecule has 6 heteroatoms. The van der Waals surface area contributed by atoms with Crippen LogP contribution in [0.4, 0.5) is 0 Å². The number of aldehydes is 1. The maximum atomic E-state index is 11.9. The Bertz CT molecular complexity index is 676. The third-order valence-corrected chi connectivity index (χ3v) is 3.19. The standard InChI is InChI=1S/C15H16N2O4/c1-10-7-11(9-18)16-17(10)8-13-12(15(19)21-3)5-4-6-14(13)20-2/h4-7,9H,8H2,1-3H3. The number of hydrogen-bond acceptors (Lipinski definition) is 5. The molecule has 6 nitrogen and oxygen atoms in total. The van der Waals surface area contributed by atoms with Crippen molar-refractivity contribution in [2.75, 3.05) is 14.2 Å². The zero-order valence-electron chi connectivity index (χ0n) is 12.1. The van der Waals surface area contributed by atoms with E-state index in [-0.39, 0.29) is 0 Å². The molecule has 1 aromatic heterocycles. The zero-order chi connectivity index (χ0) is 15.4. The van der Waals surface area contributed by atoms with Crippen molar-refractivity contribution in [3.63, 3.8) is 0 Å². The van der Waals surface area contributed by atoms with E-state index in [0.29, 0.717) is 35.4 Å². The fourth-order valence-electron chi connectivity index (χ4n) is 2.12. The first kappa shape index (κ1) is 14.8. The van der Waals surface area contributed by atoms with Crippen molar-refractivity contribution in [3.8, 4) is 5.75 Å². The summed E-state index contributed by atoms with van der Waals surface area (Å²) in [6.07, 6.45) is 0.687. The lowest BCUT2D eigenvalue weighted by atomic mass is 10.1. The molecule has 0 aliphatic heterocycles. The Morgan fingerprint density at radius 1 is 1.38 bits per heavy atom. The maximum Gasteiger partial charge on any atom is 0.338 e.